The van der Waals surface area contributed by atoms with Crippen molar-refractivity contribution >= 4 is 5.82 Å². The Balaban J connectivity index is 1.82. The normalized spacial score (nSPS) is 10.3. The van der Waals surface area contributed by atoms with Gasteiger partial charge in [0.25, 0.3) is 0 Å². The zero-order valence-electron chi connectivity index (χ0n) is 9.26. The van der Waals surface area contributed by atoms with Gasteiger partial charge >= 0.3 is 0 Å². The number of nitrogens with two attached hydrogens (primary N) is 1. The maximum atomic E-state index is 5.57. The predicted molar refractivity (Wildman–Crippen MR) is 63.3 cm³/mol. The van der Waals surface area contributed by atoms with Crippen LogP contribution in [0.1, 0.15) is 5.56 Å². The van der Waals surface area contributed by atoms with Gasteiger partial charge in [0.2, 0.25) is 0 Å². The van der Waals surface area contributed by atoms with E-state index in [0.717, 1.165) is 5.75 Å². The first-order valence-corrected chi connectivity index (χ1v) is 5.22. The molecule has 0 saturated carbocycles. The number of hydrogen-bond donors (Lipinski definition) is 1. The minimum atomic E-state index is 0.537. The summed E-state index contributed by atoms with van der Waals surface area (Å²) in [4.78, 5) is 0. The van der Waals surface area contributed by atoms with Gasteiger partial charge in [0.15, 0.2) is 0 Å². The summed E-state index contributed by atoms with van der Waals surface area (Å²) >= 11 is 0. The second-order valence-electron chi connectivity index (χ2n) is 3.67. The van der Waals surface area contributed by atoms with Crippen LogP contribution >= 0.6 is 0 Å². The van der Waals surface area contributed by atoms with E-state index in [-0.39, 0.29) is 0 Å². The average Bonchev–Trinajstić information content (AvgIpc) is 2.67. The molecule has 0 aliphatic rings. The molecule has 0 amide bonds. The topological polar surface area (TPSA) is 53.1 Å². The number of aryl methyl sites for hydroxylation is 1. The van der Waals surface area contributed by atoms with Crippen molar-refractivity contribution < 1.29 is 4.74 Å². The zero-order chi connectivity index (χ0) is 11.4. The molecule has 2 N–H and O–H groups in total. The van der Waals surface area contributed by atoms with Crippen molar-refractivity contribution in [2.45, 2.75) is 13.5 Å². The van der Waals surface area contributed by atoms with Crippen molar-refractivity contribution in [1.29, 1.82) is 0 Å². The molecule has 1 heterocycles. The Kier molecular flexibility index (Phi) is 3.10. The highest BCUT2D eigenvalue weighted by Gasteiger charge is 1.96. The first-order chi connectivity index (χ1) is 7.74. The third-order valence-corrected chi connectivity index (χ3v) is 2.27. The number of nitrogens with zero attached hydrogens (tertiary/aromatic N) is 2. The number of ether oxygens (including phenoxy) is 1. The molecule has 0 saturated heterocycles. The molecule has 0 bridgehead atoms. The molecule has 0 aliphatic carbocycles. The summed E-state index contributed by atoms with van der Waals surface area (Å²) < 4.78 is 7.34. The van der Waals surface area contributed by atoms with Gasteiger partial charge < -0.3 is 10.5 Å². The second kappa shape index (κ2) is 4.70. The molecule has 4 nitrogen and oxygen atoms in total. The molecule has 0 aliphatic heterocycles. The Morgan fingerprint density at radius 2 is 2.00 bits per heavy atom. The molecular weight excluding hydrogens is 202 g/mol. The highest BCUT2D eigenvalue weighted by Crippen LogP contribution is 2.11. The van der Waals surface area contributed by atoms with E-state index in [1.54, 1.807) is 10.7 Å². The maximum absolute atomic E-state index is 5.57. The lowest BCUT2D eigenvalue weighted by Crippen LogP contribution is -2.08. The van der Waals surface area contributed by atoms with Crippen LogP contribution in [-0.2, 0) is 6.54 Å². The first kappa shape index (κ1) is 10.5. The molecule has 2 aromatic rings. The van der Waals surface area contributed by atoms with Crippen LogP contribution < -0.4 is 10.5 Å². The standard InChI is InChI=1S/C12H15N3O/c1-10-2-4-11(5-3-10)16-9-8-15-7-6-12(13)14-15/h2-7H,8-9H2,1H3,(H2,13,14). The molecule has 4 heteroatoms. The van der Waals surface area contributed by atoms with Crippen molar-refractivity contribution in [2.24, 2.45) is 0 Å². The quantitative estimate of drug-likeness (QED) is 0.850. The fourth-order valence-corrected chi connectivity index (χ4v) is 1.39. The summed E-state index contributed by atoms with van der Waals surface area (Å²) in [5.74, 6) is 1.42. The molecule has 2 rings (SSSR count). The van der Waals surface area contributed by atoms with E-state index in [2.05, 4.69) is 12.0 Å². The predicted octanol–water partition coefficient (Wildman–Crippen LogP) is 1.85. The van der Waals surface area contributed by atoms with Gasteiger partial charge in [0, 0.05) is 6.20 Å². The van der Waals surface area contributed by atoms with Gasteiger partial charge in [0.1, 0.15) is 18.2 Å². The SMILES string of the molecule is Cc1ccc(OCCn2ccc(N)n2)cc1. The van der Waals surface area contributed by atoms with Crippen LogP contribution in [0.3, 0.4) is 0 Å². The van der Waals surface area contributed by atoms with E-state index in [4.69, 9.17) is 10.5 Å². The maximum Gasteiger partial charge on any atom is 0.145 e. The van der Waals surface area contributed by atoms with E-state index in [1.165, 1.54) is 5.56 Å². The lowest BCUT2D eigenvalue weighted by molar-refractivity contribution is 0.291. The summed E-state index contributed by atoms with van der Waals surface area (Å²) in [5.41, 5.74) is 6.73. The molecule has 0 fully saturated rings. The molecule has 0 atom stereocenters. The summed E-state index contributed by atoms with van der Waals surface area (Å²) in [5, 5.41) is 4.07. The van der Waals surface area contributed by atoms with Gasteiger partial charge in [-0.25, -0.2) is 0 Å². The van der Waals surface area contributed by atoms with Crippen LogP contribution in [0.2, 0.25) is 0 Å². The molecule has 1 aromatic heterocycles. The molecule has 16 heavy (non-hydrogen) atoms. The van der Waals surface area contributed by atoms with E-state index < -0.39 is 0 Å². The highest BCUT2D eigenvalue weighted by molar-refractivity contribution is 5.26. The van der Waals surface area contributed by atoms with Gasteiger partial charge in [-0.05, 0) is 25.1 Å². The van der Waals surface area contributed by atoms with Crippen molar-refractivity contribution in [2.75, 3.05) is 12.3 Å². The number of anilines is 1. The van der Waals surface area contributed by atoms with Crippen LogP contribution in [-0.4, -0.2) is 16.4 Å². The Labute approximate surface area is 94.6 Å². The van der Waals surface area contributed by atoms with Crippen LogP contribution in [0.15, 0.2) is 36.5 Å². The second-order valence-corrected chi connectivity index (χ2v) is 3.67. The average molecular weight is 217 g/mol. The van der Waals surface area contributed by atoms with E-state index >= 15 is 0 Å². The third kappa shape index (κ3) is 2.76. The zero-order valence-corrected chi connectivity index (χ0v) is 9.26. The molecule has 0 spiro atoms. The minimum absolute atomic E-state index is 0.537. The summed E-state index contributed by atoms with van der Waals surface area (Å²) in [6, 6.07) is 9.76. The third-order valence-electron chi connectivity index (χ3n) is 2.27. The monoisotopic (exact) mass is 217 g/mol. The molecule has 0 unspecified atom stereocenters. The van der Waals surface area contributed by atoms with Crippen LogP contribution in [0.5, 0.6) is 5.75 Å². The van der Waals surface area contributed by atoms with Gasteiger partial charge in [-0.2, -0.15) is 5.10 Å². The molecule has 84 valence electrons. The number of hydrogen-bond acceptors (Lipinski definition) is 3. The summed E-state index contributed by atoms with van der Waals surface area (Å²) in [6.07, 6.45) is 1.84. The fraction of sp³-hybridized carbons (Fsp3) is 0.250. The van der Waals surface area contributed by atoms with E-state index in [1.807, 2.05) is 30.5 Å². The lowest BCUT2D eigenvalue weighted by Gasteiger charge is -2.06. The van der Waals surface area contributed by atoms with Crippen molar-refractivity contribution in [3.63, 3.8) is 0 Å². The van der Waals surface area contributed by atoms with Crippen LogP contribution in [0.4, 0.5) is 5.82 Å². The minimum Gasteiger partial charge on any atom is -0.492 e. The van der Waals surface area contributed by atoms with Gasteiger partial charge in [-0.15, -0.1) is 0 Å². The summed E-state index contributed by atoms with van der Waals surface area (Å²) in [7, 11) is 0. The smallest absolute Gasteiger partial charge is 0.145 e. The van der Waals surface area contributed by atoms with Gasteiger partial charge in [-0.1, -0.05) is 17.7 Å². The number of nitrogen functional groups attached to an aromatic ring is 1. The van der Waals surface area contributed by atoms with Crippen molar-refractivity contribution in [3.8, 4) is 5.75 Å². The highest BCUT2D eigenvalue weighted by atomic mass is 16.5. The van der Waals surface area contributed by atoms with Gasteiger partial charge in [0.05, 0.1) is 6.54 Å². The Hall–Kier alpha value is -1.97. The Morgan fingerprint density at radius 1 is 1.25 bits per heavy atom. The number of aromatic nitrogens is 2. The first-order valence-electron chi connectivity index (χ1n) is 5.22. The van der Waals surface area contributed by atoms with Crippen molar-refractivity contribution in [3.05, 3.63) is 42.1 Å². The fourth-order valence-electron chi connectivity index (χ4n) is 1.39. The number of rotatable bonds is 4. The van der Waals surface area contributed by atoms with Crippen molar-refractivity contribution in [1.82, 2.24) is 9.78 Å². The Bertz CT molecular complexity index is 448. The van der Waals surface area contributed by atoms with Crippen LogP contribution in [0, 0.1) is 6.92 Å². The molecule has 0 radical (unpaired) electrons. The Morgan fingerprint density at radius 3 is 2.62 bits per heavy atom. The molecular formula is C12H15N3O. The van der Waals surface area contributed by atoms with Crippen LogP contribution in [0.25, 0.3) is 0 Å². The van der Waals surface area contributed by atoms with Gasteiger partial charge in [-0.3, -0.25) is 4.68 Å². The van der Waals surface area contributed by atoms with E-state index in [0.29, 0.717) is 19.0 Å². The largest absolute Gasteiger partial charge is 0.492 e. The number of benzene rings is 1. The summed E-state index contributed by atoms with van der Waals surface area (Å²) in [6.45, 7) is 3.34. The molecule has 1 aromatic carbocycles. The lowest BCUT2D eigenvalue weighted by atomic mass is 10.2. The van der Waals surface area contributed by atoms with E-state index in [9.17, 15) is 0 Å².